The fourth-order valence-electron chi connectivity index (χ4n) is 5.26. The summed E-state index contributed by atoms with van der Waals surface area (Å²) in [6, 6.07) is -0.831. The van der Waals surface area contributed by atoms with Gasteiger partial charge in [0.15, 0.2) is 5.16 Å². The molecule has 2 aliphatic rings. The first kappa shape index (κ1) is 27.7. The summed E-state index contributed by atoms with van der Waals surface area (Å²) in [6.45, 7) is 13.3. The Kier molecular flexibility index (Phi) is 8.38. The summed E-state index contributed by atoms with van der Waals surface area (Å²) in [5.41, 5.74) is 2.37. The molecular weight excluding hydrogens is 508 g/mol. The van der Waals surface area contributed by atoms with Crippen molar-refractivity contribution in [3.63, 3.8) is 0 Å². The Labute approximate surface area is 226 Å². The number of thioether (sulfide) groups is 1. The van der Waals surface area contributed by atoms with E-state index in [1.165, 1.54) is 22.2 Å². The molecule has 0 saturated heterocycles. The highest BCUT2D eigenvalue weighted by Crippen LogP contribution is 2.44. The van der Waals surface area contributed by atoms with Crippen molar-refractivity contribution in [1.29, 1.82) is 0 Å². The normalized spacial score (nSPS) is 20.0. The van der Waals surface area contributed by atoms with Crippen LogP contribution in [0.1, 0.15) is 71.2 Å². The van der Waals surface area contributed by atoms with Crippen LogP contribution in [0.2, 0.25) is 0 Å². The number of carbonyl (C=O) groups is 2. The largest absolute Gasteiger partial charge is 0.463 e. The van der Waals surface area contributed by atoms with Crippen molar-refractivity contribution >= 4 is 45.3 Å². The van der Waals surface area contributed by atoms with Gasteiger partial charge in [-0.3, -0.25) is 9.36 Å². The van der Waals surface area contributed by atoms with Gasteiger partial charge in [-0.1, -0.05) is 45.9 Å². The maximum Gasteiger partial charge on any atom is 0.337 e. The highest BCUT2D eigenvalue weighted by molar-refractivity contribution is 7.99. The zero-order chi connectivity index (χ0) is 26.9. The third-order valence-electron chi connectivity index (χ3n) is 7.81. The molecular formula is C27H38N4O4S2. The van der Waals surface area contributed by atoms with Crippen molar-refractivity contribution < 1.29 is 14.3 Å². The van der Waals surface area contributed by atoms with E-state index >= 15 is 0 Å². The number of hydrogen-bond acceptors (Lipinski definition) is 7. The van der Waals surface area contributed by atoms with Crippen molar-refractivity contribution in [3.05, 3.63) is 32.1 Å². The van der Waals surface area contributed by atoms with E-state index in [2.05, 4.69) is 31.4 Å². The van der Waals surface area contributed by atoms with Crippen LogP contribution in [0.5, 0.6) is 0 Å². The number of esters is 1. The molecule has 1 aliphatic heterocycles. The molecule has 0 fully saturated rings. The van der Waals surface area contributed by atoms with E-state index in [-0.39, 0.29) is 23.6 Å². The van der Waals surface area contributed by atoms with Crippen molar-refractivity contribution in [2.24, 2.45) is 11.3 Å². The van der Waals surface area contributed by atoms with E-state index in [9.17, 15) is 14.4 Å². The molecule has 2 N–H and O–H groups in total. The quantitative estimate of drug-likeness (QED) is 0.260. The van der Waals surface area contributed by atoms with E-state index in [0.29, 0.717) is 34.6 Å². The molecule has 2 aromatic rings. The van der Waals surface area contributed by atoms with Crippen LogP contribution in [0.15, 0.2) is 21.2 Å². The molecule has 0 bridgehead atoms. The highest BCUT2D eigenvalue weighted by Gasteiger charge is 2.34. The van der Waals surface area contributed by atoms with Crippen LogP contribution < -0.4 is 16.2 Å². The average Bonchev–Trinajstić information content (AvgIpc) is 3.22. The maximum absolute atomic E-state index is 13.8. The number of urea groups is 1. The van der Waals surface area contributed by atoms with Gasteiger partial charge in [-0.25, -0.2) is 14.6 Å². The number of hydrogen-bond donors (Lipinski definition) is 2. The molecule has 10 heteroatoms. The SMILES string of the molecule is CCCn1c(SCC2=C(C(=O)OCC)[C@H](C)NC(=O)N2)nc2sc3c(c2c1=O)CC[C@H](C(C)(C)CC)C3. The third kappa shape index (κ3) is 5.46. The summed E-state index contributed by atoms with van der Waals surface area (Å²) in [5.74, 6) is 0.442. The van der Waals surface area contributed by atoms with Gasteiger partial charge < -0.3 is 15.4 Å². The Morgan fingerprint density at radius 3 is 2.70 bits per heavy atom. The first-order valence-electron chi connectivity index (χ1n) is 13.3. The Morgan fingerprint density at radius 1 is 1.27 bits per heavy atom. The number of aryl methyl sites for hydroxylation is 1. The molecule has 0 radical (unpaired) electrons. The number of aromatic nitrogens is 2. The number of carbonyl (C=O) groups excluding carboxylic acids is 2. The fourth-order valence-corrected chi connectivity index (χ4v) is 7.59. The van der Waals surface area contributed by atoms with E-state index < -0.39 is 12.0 Å². The van der Waals surface area contributed by atoms with Gasteiger partial charge in [0, 0.05) is 22.9 Å². The second kappa shape index (κ2) is 11.2. The van der Waals surface area contributed by atoms with Gasteiger partial charge >= 0.3 is 12.0 Å². The summed E-state index contributed by atoms with van der Waals surface area (Å²) >= 11 is 3.03. The fraction of sp³-hybridized carbons (Fsp3) is 0.630. The van der Waals surface area contributed by atoms with E-state index in [1.54, 1.807) is 29.8 Å². The van der Waals surface area contributed by atoms with E-state index in [4.69, 9.17) is 9.72 Å². The van der Waals surface area contributed by atoms with Gasteiger partial charge in [0.25, 0.3) is 5.56 Å². The van der Waals surface area contributed by atoms with Crippen molar-refractivity contribution in [3.8, 4) is 0 Å². The molecule has 1 aliphatic carbocycles. The van der Waals surface area contributed by atoms with Gasteiger partial charge in [0.1, 0.15) is 4.83 Å². The number of rotatable bonds is 9. The molecule has 0 spiro atoms. The molecule has 4 rings (SSSR count). The van der Waals surface area contributed by atoms with Gasteiger partial charge in [0.2, 0.25) is 0 Å². The second-order valence-corrected chi connectivity index (χ2v) is 12.6. The highest BCUT2D eigenvalue weighted by atomic mass is 32.2. The van der Waals surface area contributed by atoms with Gasteiger partial charge in [-0.05, 0) is 56.4 Å². The number of amides is 2. The molecule has 2 amide bonds. The third-order valence-corrected chi connectivity index (χ3v) is 9.96. The molecule has 0 saturated carbocycles. The van der Waals surface area contributed by atoms with Crippen LogP contribution in [0.3, 0.4) is 0 Å². The van der Waals surface area contributed by atoms with Gasteiger partial charge in [0.05, 0.1) is 23.6 Å². The van der Waals surface area contributed by atoms with Gasteiger partial charge in [-0.15, -0.1) is 11.3 Å². The number of nitrogens with one attached hydrogen (secondary N) is 2. The lowest BCUT2D eigenvalue weighted by Crippen LogP contribution is -2.49. The smallest absolute Gasteiger partial charge is 0.337 e. The summed E-state index contributed by atoms with van der Waals surface area (Å²) < 4.78 is 6.99. The first-order chi connectivity index (χ1) is 17.6. The Hall–Kier alpha value is -2.33. The lowest BCUT2D eigenvalue weighted by Gasteiger charge is -2.36. The predicted octanol–water partition coefficient (Wildman–Crippen LogP) is 5.02. The Morgan fingerprint density at radius 2 is 2.03 bits per heavy atom. The lowest BCUT2D eigenvalue weighted by molar-refractivity contribution is -0.138. The minimum atomic E-state index is -0.471. The van der Waals surface area contributed by atoms with E-state index in [1.807, 2.05) is 6.92 Å². The summed E-state index contributed by atoms with van der Waals surface area (Å²) in [4.78, 5) is 45.6. The Balaban J connectivity index is 1.71. The van der Waals surface area contributed by atoms with E-state index in [0.717, 1.165) is 42.3 Å². The molecule has 37 heavy (non-hydrogen) atoms. The van der Waals surface area contributed by atoms with Crippen LogP contribution >= 0.6 is 23.1 Å². The van der Waals surface area contributed by atoms with Gasteiger partial charge in [-0.2, -0.15) is 0 Å². The second-order valence-electron chi connectivity index (χ2n) is 10.5. The number of fused-ring (bicyclic) bond motifs is 3. The monoisotopic (exact) mass is 546 g/mol. The number of ether oxygens (including phenoxy) is 1. The van der Waals surface area contributed by atoms with Crippen LogP contribution in [0, 0.1) is 11.3 Å². The molecule has 0 aromatic carbocycles. The standard InChI is InChI=1S/C27H38N4O4S2/c1-7-12-31-23(32)21-17-11-10-16(27(5,6)8-2)13-19(17)37-22(21)30-26(31)36-14-18-20(24(33)35-9-3)15(4)28-25(34)29-18/h15-16H,7-14H2,1-6H3,(H2,28,29,34)/t15-,16-/m0/s1. The van der Waals surface area contributed by atoms with Crippen LogP contribution in [0.4, 0.5) is 4.79 Å². The minimum absolute atomic E-state index is 0.0161. The first-order valence-corrected chi connectivity index (χ1v) is 15.1. The average molecular weight is 547 g/mol. The lowest BCUT2D eigenvalue weighted by atomic mass is 9.70. The minimum Gasteiger partial charge on any atom is -0.463 e. The predicted molar refractivity (Wildman–Crippen MR) is 149 cm³/mol. The zero-order valence-corrected chi connectivity index (χ0v) is 24.3. The zero-order valence-electron chi connectivity index (χ0n) is 22.7. The topological polar surface area (TPSA) is 102 Å². The van der Waals surface area contributed by atoms with Crippen molar-refractivity contribution in [2.75, 3.05) is 12.4 Å². The number of thiophene rings is 1. The van der Waals surface area contributed by atoms with Crippen LogP contribution in [0.25, 0.3) is 10.2 Å². The van der Waals surface area contributed by atoms with Crippen molar-refractivity contribution in [1.82, 2.24) is 20.2 Å². The van der Waals surface area contributed by atoms with Crippen LogP contribution in [-0.2, 0) is 28.9 Å². The summed E-state index contributed by atoms with van der Waals surface area (Å²) in [5, 5.41) is 6.88. The molecule has 202 valence electrons. The molecule has 2 atom stereocenters. The number of nitrogens with zero attached hydrogens (tertiary/aromatic N) is 2. The Bertz CT molecular complexity index is 1290. The van der Waals surface area contributed by atoms with Crippen LogP contribution in [-0.4, -0.2) is 40.0 Å². The molecule has 8 nitrogen and oxygen atoms in total. The molecule has 2 aromatic heterocycles. The summed E-state index contributed by atoms with van der Waals surface area (Å²) in [7, 11) is 0. The summed E-state index contributed by atoms with van der Waals surface area (Å²) in [6.07, 6.45) is 4.95. The maximum atomic E-state index is 13.8. The molecule has 0 unspecified atom stereocenters. The van der Waals surface area contributed by atoms with Crippen molar-refractivity contribution in [2.45, 2.75) is 91.4 Å². The molecule has 3 heterocycles.